The van der Waals surface area contributed by atoms with Crippen molar-refractivity contribution in [2.45, 2.75) is 45.6 Å². The van der Waals surface area contributed by atoms with Gasteiger partial charge in [-0.25, -0.2) is 9.78 Å². The van der Waals surface area contributed by atoms with Crippen LogP contribution in [0, 0.1) is 12.8 Å². The SMILES string of the molecule is COC(=O)C1CN(C(=O)OC(C)(C)C)CCC1c1ccc(OCCOc2c(Cl)cc(C)cc2Cl)nc1. The molecule has 0 saturated carbocycles. The molecule has 1 fully saturated rings. The van der Waals surface area contributed by atoms with E-state index in [9.17, 15) is 9.59 Å². The van der Waals surface area contributed by atoms with Crippen molar-refractivity contribution in [2.75, 3.05) is 33.4 Å². The van der Waals surface area contributed by atoms with Gasteiger partial charge in [0.25, 0.3) is 0 Å². The third-order valence-electron chi connectivity index (χ3n) is 5.68. The number of nitrogens with zero attached hydrogens (tertiary/aromatic N) is 2. The molecule has 1 aromatic heterocycles. The first-order valence-electron chi connectivity index (χ1n) is 11.7. The number of rotatable bonds is 7. The number of benzene rings is 1. The zero-order valence-electron chi connectivity index (χ0n) is 21.2. The second-order valence-electron chi connectivity index (χ2n) is 9.64. The third kappa shape index (κ3) is 7.40. The topological polar surface area (TPSA) is 87.2 Å². The highest BCUT2D eigenvalue weighted by Crippen LogP contribution is 2.35. The van der Waals surface area contributed by atoms with Crippen LogP contribution in [0.1, 0.15) is 44.2 Å². The fourth-order valence-corrected chi connectivity index (χ4v) is 4.75. The molecule has 3 rings (SSSR count). The number of likely N-dealkylation sites (tertiary alicyclic amines) is 1. The number of hydrogen-bond donors (Lipinski definition) is 0. The molecule has 2 heterocycles. The Labute approximate surface area is 221 Å². The van der Waals surface area contributed by atoms with Gasteiger partial charge in [0.2, 0.25) is 5.88 Å². The normalized spacial score (nSPS) is 17.9. The molecule has 0 bridgehead atoms. The van der Waals surface area contributed by atoms with Crippen molar-refractivity contribution >= 4 is 35.3 Å². The molecule has 0 N–H and O–H groups in total. The maximum Gasteiger partial charge on any atom is 0.410 e. The van der Waals surface area contributed by atoms with Crippen molar-refractivity contribution in [3.05, 3.63) is 51.6 Å². The Kier molecular flexibility index (Phi) is 9.30. The van der Waals surface area contributed by atoms with E-state index in [-0.39, 0.29) is 31.6 Å². The van der Waals surface area contributed by atoms with Crippen LogP contribution in [0.2, 0.25) is 10.0 Å². The van der Waals surface area contributed by atoms with Crippen LogP contribution in [0.3, 0.4) is 0 Å². The van der Waals surface area contributed by atoms with Crippen LogP contribution in [0.4, 0.5) is 4.79 Å². The van der Waals surface area contributed by atoms with E-state index in [4.69, 9.17) is 42.1 Å². The quantitative estimate of drug-likeness (QED) is 0.331. The Bertz CT molecular complexity index is 1050. The van der Waals surface area contributed by atoms with E-state index >= 15 is 0 Å². The van der Waals surface area contributed by atoms with Crippen LogP contribution in [-0.4, -0.2) is 61.0 Å². The lowest BCUT2D eigenvalue weighted by atomic mass is 9.81. The molecule has 2 unspecified atom stereocenters. The largest absolute Gasteiger partial charge is 0.487 e. The zero-order valence-corrected chi connectivity index (χ0v) is 22.7. The highest BCUT2D eigenvalue weighted by Gasteiger charge is 2.39. The lowest BCUT2D eigenvalue weighted by molar-refractivity contribution is -0.148. The van der Waals surface area contributed by atoms with Crippen LogP contribution >= 0.6 is 23.2 Å². The molecule has 0 radical (unpaired) electrons. The summed E-state index contributed by atoms with van der Waals surface area (Å²) in [6.45, 7) is 8.48. The molecule has 1 aliphatic rings. The maximum atomic E-state index is 12.5. The molecule has 10 heteroatoms. The number of methoxy groups -OCH3 is 1. The van der Waals surface area contributed by atoms with Gasteiger partial charge in [0.05, 0.1) is 23.1 Å². The second-order valence-corrected chi connectivity index (χ2v) is 10.4. The molecule has 36 heavy (non-hydrogen) atoms. The van der Waals surface area contributed by atoms with Gasteiger partial charge in [-0.15, -0.1) is 0 Å². The summed E-state index contributed by atoms with van der Waals surface area (Å²) in [5.74, 6) is -0.208. The molecular formula is C26H32Cl2N2O6. The Morgan fingerprint density at radius 3 is 2.36 bits per heavy atom. The van der Waals surface area contributed by atoms with E-state index in [0.29, 0.717) is 34.6 Å². The van der Waals surface area contributed by atoms with Crippen LogP contribution in [-0.2, 0) is 14.3 Å². The Morgan fingerprint density at radius 1 is 1.11 bits per heavy atom. The van der Waals surface area contributed by atoms with Crippen molar-refractivity contribution < 1.29 is 28.5 Å². The van der Waals surface area contributed by atoms with Gasteiger partial charge in [-0.3, -0.25) is 4.79 Å². The lowest BCUT2D eigenvalue weighted by Crippen LogP contribution is -2.47. The number of halogens is 2. The fraction of sp³-hybridized carbons (Fsp3) is 0.500. The summed E-state index contributed by atoms with van der Waals surface area (Å²) >= 11 is 12.4. The average Bonchev–Trinajstić information content (AvgIpc) is 2.81. The van der Waals surface area contributed by atoms with E-state index < -0.39 is 17.6 Å². The van der Waals surface area contributed by atoms with E-state index in [1.807, 2.05) is 33.8 Å². The standard InChI is InChI=1S/C26H32Cl2N2O6/c1-16-12-20(27)23(21(28)13-16)35-11-10-34-22-7-6-17(14-29-22)18-8-9-30(15-19(18)24(31)33-5)25(32)36-26(2,3)4/h6-7,12-14,18-19H,8-11,15H2,1-5H3. The summed E-state index contributed by atoms with van der Waals surface area (Å²) < 4.78 is 21.8. The highest BCUT2D eigenvalue weighted by atomic mass is 35.5. The van der Waals surface area contributed by atoms with Gasteiger partial charge in [0.1, 0.15) is 18.8 Å². The number of ether oxygens (including phenoxy) is 4. The van der Waals surface area contributed by atoms with Crippen LogP contribution in [0.5, 0.6) is 11.6 Å². The number of pyridine rings is 1. The minimum atomic E-state index is -0.613. The number of hydrogen-bond acceptors (Lipinski definition) is 7. The number of esters is 1. The zero-order chi connectivity index (χ0) is 26.5. The summed E-state index contributed by atoms with van der Waals surface area (Å²) in [5, 5.41) is 0.890. The number of aromatic nitrogens is 1. The van der Waals surface area contributed by atoms with Crippen LogP contribution < -0.4 is 9.47 Å². The smallest absolute Gasteiger partial charge is 0.410 e. The first-order chi connectivity index (χ1) is 17.0. The van der Waals surface area contributed by atoms with Gasteiger partial charge in [0, 0.05) is 31.3 Å². The van der Waals surface area contributed by atoms with Crippen LogP contribution in [0.15, 0.2) is 30.5 Å². The van der Waals surface area contributed by atoms with Crippen molar-refractivity contribution in [3.8, 4) is 11.6 Å². The maximum absolute atomic E-state index is 12.5. The molecule has 1 saturated heterocycles. The predicted molar refractivity (Wildman–Crippen MR) is 137 cm³/mol. The van der Waals surface area contributed by atoms with Crippen molar-refractivity contribution in [3.63, 3.8) is 0 Å². The summed E-state index contributed by atoms with van der Waals surface area (Å²) in [7, 11) is 1.35. The van der Waals surface area contributed by atoms with E-state index in [2.05, 4.69) is 4.98 Å². The summed E-state index contributed by atoms with van der Waals surface area (Å²) in [4.78, 5) is 31.0. The molecular weight excluding hydrogens is 507 g/mol. The summed E-state index contributed by atoms with van der Waals surface area (Å²) in [5.41, 5.74) is 1.21. The number of carbonyl (C=O) groups is 2. The van der Waals surface area contributed by atoms with E-state index in [0.717, 1.165) is 11.1 Å². The Morgan fingerprint density at radius 2 is 1.78 bits per heavy atom. The van der Waals surface area contributed by atoms with Gasteiger partial charge in [-0.05, 0) is 57.4 Å². The first-order valence-corrected chi connectivity index (χ1v) is 12.5. The van der Waals surface area contributed by atoms with Gasteiger partial charge in [-0.1, -0.05) is 29.3 Å². The monoisotopic (exact) mass is 538 g/mol. The minimum absolute atomic E-state index is 0.146. The van der Waals surface area contributed by atoms with Gasteiger partial charge < -0.3 is 23.8 Å². The minimum Gasteiger partial charge on any atom is -0.487 e. The highest BCUT2D eigenvalue weighted by molar-refractivity contribution is 6.37. The molecule has 1 amide bonds. The molecule has 0 aliphatic carbocycles. The third-order valence-corrected chi connectivity index (χ3v) is 6.24. The molecule has 1 aromatic carbocycles. The Balaban J connectivity index is 1.58. The fourth-order valence-electron chi connectivity index (χ4n) is 4.04. The van der Waals surface area contributed by atoms with Crippen molar-refractivity contribution in [2.24, 2.45) is 5.92 Å². The number of aryl methyl sites for hydroxylation is 1. The summed E-state index contributed by atoms with van der Waals surface area (Å²) in [6.07, 6.45) is 1.83. The molecule has 1 aliphatic heterocycles. The van der Waals surface area contributed by atoms with Crippen molar-refractivity contribution in [1.29, 1.82) is 0 Å². The van der Waals surface area contributed by atoms with Gasteiger partial charge in [0.15, 0.2) is 5.75 Å². The van der Waals surface area contributed by atoms with E-state index in [1.165, 1.54) is 7.11 Å². The number of piperidine rings is 1. The Hall–Kier alpha value is -2.71. The molecule has 8 nitrogen and oxygen atoms in total. The first kappa shape index (κ1) is 27.9. The molecule has 0 spiro atoms. The second kappa shape index (κ2) is 12.0. The van der Waals surface area contributed by atoms with Crippen molar-refractivity contribution in [1.82, 2.24) is 9.88 Å². The van der Waals surface area contributed by atoms with Gasteiger partial charge in [-0.2, -0.15) is 0 Å². The number of carbonyl (C=O) groups excluding carboxylic acids is 2. The van der Waals surface area contributed by atoms with E-state index in [1.54, 1.807) is 29.3 Å². The van der Waals surface area contributed by atoms with Gasteiger partial charge >= 0.3 is 12.1 Å². The lowest BCUT2D eigenvalue weighted by Gasteiger charge is -2.37. The summed E-state index contributed by atoms with van der Waals surface area (Å²) in [6, 6.07) is 7.18. The molecule has 2 atom stereocenters. The average molecular weight is 539 g/mol. The molecule has 196 valence electrons. The van der Waals surface area contributed by atoms with Crippen LogP contribution in [0.25, 0.3) is 0 Å². The molecule has 2 aromatic rings. The number of amides is 1. The predicted octanol–water partition coefficient (Wildman–Crippen LogP) is 5.67.